The first kappa shape index (κ1) is 17.0. The number of piperidine rings is 1. The predicted molar refractivity (Wildman–Crippen MR) is 98.1 cm³/mol. The van der Waals surface area contributed by atoms with Gasteiger partial charge < -0.3 is 19.4 Å². The Labute approximate surface area is 152 Å². The Morgan fingerprint density at radius 3 is 2.96 bits per heavy atom. The molecule has 1 unspecified atom stereocenters. The Kier molecular flexibility index (Phi) is 4.83. The molecule has 4 rings (SSSR count). The van der Waals surface area contributed by atoms with Crippen LogP contribution in [-0.2, 0) is 4.74 Å². The molecule has 2 fully saturated rings. The summed E-state index contributed by atoms with van der Waals surface area (Å²) in [6.45, 7) is 4.30. The van der Waals surface area contributed by atoms with Gasteiger partial charge in [-0.05, 0) is 18.9 Å². The molecule has 138 valence electrons. The molecule has 4 heterocycles. The summed E-state index contributed by atoms with van der Waals surface area (Å²) in [5, 5.41) is 1.00. The van der Waals surface area contributed by atoms with E-state index in [-0.39, 0.29) is 12.1 Å². The Morgan fingerprint density at radius 1 is 1.27 bits per heavy atom. The third kappa shape index (κ3) is 3.29. The van der Waals surface area contributed by atoms with Crippen LogP contribution in [0.2, 0.25) is 0 Å². The van der Waals surface area contributed by atoms with Crippen molar-refractivity contribution in [1.29, 1.82) is 0 Å². The number of hydrogen-bond donors (Lipinski definition) is 0. The van der Waals surface area contributed by atoms with E-state index in [9.17, 15) is 4.79 Å². The zero-order valence-corrected chi connectivity index (χ0v) is 15.0. The highest BCUT2D eigenvalue weighted by atomic mass is 16.5. The number of nitrogens with zero attached hydrogens (tertiary/aromatic N) is 6. The number of morpholine rings is 1. The summed E-state index contributed by atoms with van der Waals surface area (Å²) >= 11 is 0. The normalized spacial score (nSPS) is 21.0. The number of ether oxygens (including phenoxy) is 1. The van der Waals surface area contributed by atoms with Crippen LogP contribution in [0.1, 0.15) is 12.8 Å². The molecular formula is C18H24N6O2. The van der Waals surface area contributed by atoms with Crippen molar-refractivity contribution in [2.24, 2.45) is 0 Å². The number of urea groups is 1. The standard InChI is InChI=1S/C18H24N6O2/c1-22(18(25)23-7-9-26-10-8-23)14-3-2-6-24(12-14)17-15-4-5-19-11-16(15)20-13-21-17/h4-5,11,13-14H,2-3,6-10,12H2,1H3. The predicted octanol–water partition coefficient (Wildman–Crippen LogP) is 1.38. The summed E-state index contributed by atoms with van der Waals surface area (Å²) in [5.41, 5.74) is 0.845. The molecule has 2 aliphatic rings. The van der Waals surface area contributed by atoms with Crippen LogP contribution in [0.5, 0.6) is 0 Å². The summed E-state index contributed by atoms with van der Waals surface area (Å²) in [5.74, 6) is 0.925. The minimum atomic E-state index is 0.0943. The van der Waals surface area contributed by atoms with Crippen molar-refractivity contribution in [3.63, 3.8) is 0 Å². The second-order valence-electron chi connectivity index (χ2n) is 6.83. The molecule has 2 aliphatic heterocycles. The average molecular weight is 356 g/mol. The summed E-state index contributed by atoms with van der Waals surface area (Å²) in [7, 11) is 1.91. The van der Waals surface area contributed by atoms with Gasteiger partial charge >= 0.3 is 6.03 Å². The first-order valence-electron chi connectivity index (χ1n) is 9.13. The highest BCUT2D eigenvalue weighted by Gasteiger charge is 2.30. The number of anilines is 1. The molecule has 0 radical (unpaired) electrons. The lowest BCUT2D eigenvalue weighted by molar-refractivity contribution is 0.0414. The highest BCUT2D eigenvalue weighted by Crippen LogP contribution is 2.26. The maximum atomic E-state index is 12.8. The summed E-state index contributed by atoms with van der Waals surface area (Å²) in [6, 6.07) is 2.22. The van der Waals surface area contributed by atoms with Crippen molar-refractivity contribution in [3.05, 3.63) is 24.8 Å². The molecule has 0 aromatic carbocycles. The number of carbonyl (C=O) groups excluding carboxylic acids is 1. The first-order chi connectivity index (χ1) is 12.7. The van der Waals surface area contributed by atoms with Crippen molar-refractivity contribution in [2.45, 2.75) is 18.9 Å². The second-order valence-corrected chi connectivity index (χ2v) is 6.83. The molecule has 0 saturated carbocycles. The van der Waals surface area contributed by atoms with Gasteiger partial charge in [0.05, 0.1) is 31.0 Å². The van der Waals surface area contributed by atoms with Gasteiger partial charge in [0.2, 0.25) is 0 Å². The smallest absolute Gasteiger partial charge is 0.320 e. The number of pyridine rings is 1. The molecule has 0 N–H and O–H groups in total. The Bertz CT molecular complexity index is 774. The summed E-state index contributed by atoms with van der Waals surface area (Å²) < 4.78 is 5.35. The monoisotopic (exact) mass is 356 g/mol. The Hall–Kier alpha value is -2.48. The van der Waals surface area contributed by atoms with E-state index in [0.717, 1.165) is 42.7 Å². The van der Waals surface area contributed by atoms with Gasteiger partial charge in [-0.15, -0.1) is 0 Å². The van der Waals surface area contributed by atoms with E-state index in [2.05, 4.69) is 19.9 Å². The Morgan fingerprint density at radius 2 is 2.12 bits per heavy atom. The third-order valence-electron chi connectivity index (χ3n) is 5.24. The molecule has 2 aromatic heterocycles. The van der Waals surface area contributed by atoms with E-state index < -0.39 is 0 Å². The van der Waals surface area contributed by atoms with Gasteiger partial charge in [-0.3, -0.25) is 4.98 Å². The summed E-state index contributed by atoms with van der Waals surface area (Å²) in [6.07, 6.45) is 7.15. The van der Waals surface area contributed by atoms with Crippen molar-refractivity contribution in [1.82, 2.24) is 24.8 Å². The van der Waals surface area contributed by atoms with E-state index in [4.69, 9.17) is 4.74 Å². The van der Waals surface area contributed by atoms with Crippen molar-refractivity contribution in [3.8, 4) is 0 Å². The fourth-order valence-electron chi connectivity index (χ4n) is 3.74. The van der Waals surface area contributed by atoms with E-state index in [0.29, 0.717) is 26.3 Å². The molecule has 2 aromatic rings. The molecule has 2 saturated heterocycles. The van der Waals surface area contributed by atoms with Crippen LogP contribution >= 0.6 is 0 Å². The van der Waals surface area contributed by atoms with E-state index in [1.54, 1.807) is 18.7 Å². The van der Waals surface area contributed by atoms with Gasteiger partial charge in [-0.2, -0.15) is 0 Å². The second kappa shape index (κ2) is 7.41. The van der Waals surface area contributed by atoms with Gasteiger partial charge in [0.1, 0.15) is 12.1 Å². The minimum absolute atomic E-state index is 0.0943. The molecule has 0 aliphatic carbocycles. The molecule has 0 spiro atoms. The van der Waals surface area contributed by atoms with Crippen molar-refractivity contribution < 1.29 is 9.53 Å². The quantitative estimate of drug-likeness (QED) is 0.809. The van der Waals surface area contributed by atoms with Gasteiger partial charge in [0.25, 0.3) is 0 Å². The van der Waals surface area contributed by atoms with Crippen molar-refractivity contribution in [2.75, 3.05) is 51.3 Å². The highest BCUT2D eigenvalue weighted by molar-refractivity contribution is 5.88. The molecule has 1 atom stereocenters. The van der Waals surface area contributed by atoms with Crippen LogP contribution in [-0.4, -0.2) is 83.3 Å². The number of carbonyl (C=O) groups is 1. The fourth-order valence-corrected chi connectivity index (χ4v) is 3.74. The van der Waals surface area contributed by atoms with Crippen LogP contribution < -0.4 is 4.90 Å². The van der Waals surface area contributed by atoms with E-state index in [1.807, 2.05) is 22.9 Å². The first-order valence-corrected chi connectivity index (χ1v) is 9.13. The summed E-state index contributed by atoms with van der Waals surface area (Å²) in [4.78, 5) is 31.8. The number of aromatic nitrogens is 3. The zero-order valence-electron chi connectivity index (χ0n) is 15.0. The molecule has 26 heavy (non-hydrogen) atoms. The van der Waals surface area contributed by atoms with Crippen LogP contribution in [0.3, 0.4) is 0 Å². The van der Waals surface area contributed by atoms with Gasteiger partial charge in [-0.25, -0.2) is 14.8 Å². The van der Waals surface area contributed by atoms with Gasteiger partial charge in [-0.1, -0.05) is 0 Å². The minimum Gasteiger partial charge on any atom is -0.378 e. The lowest BCUT2D eigenvalue weighted by Gasteiger charge is -2.40. The fraction of sp³-hybridized carbons (Fsp3) is 0.556. The van der Waals surface area contributed by atoms with Crippen molar-refractivity contribution >= 4 is 22.8 Å². The number of rotatable bonds is 2. The molecule has 8 heteroatoms. The van der Waals surface area contributed by atoms with Crippen LogP contribution in [0, 0.1) is 0 Å². The zero-order chi connectivity index (χ0) is 17.9. The van der Waals surface area contributed by atoms with Gasteiger partial charge in [0.15, 0.2) is 0 Å². The van der Waals surface area contributed by atoms with Crippen LogP contribution in [0.15, 0.2) is 24.8 Å². The lowest BCUT2D eigenvalue weighted by atomic mass is 10.0. The van der Waals surface area contributed by atoms with Crippen LogP contribution in [0.25, 0.3) is 10.9 Å². The Balaban J connectivity index is 1.51. The third-order valence-corrected chi connectivity index (χ3v) is 5.24. The van der Waals surface area contributed by atoms with E-state index >= 15 is 0 Å². The number of likely N-dealkylation sites (N-methyl/N-ethyl adjacent to an activating group) is 1. The maximum Gasteiger partial charge on any atom is 0.320 e. The molecule has 8 nitrogen and oxygen atoms in total. The average Bonchev–Trinajstić information content (AvgIpc) is 2.73. The number of amides is 2. The topological polar surface area (TPSA) is 74.7 Å². The molecular weight excluding hydrogens is 332 g/mol. The molecule has 2 amide bonds. The van der Waals surface area contributed by atoms with Gasteiger partial charge in [0, 0.05) is 44.8 Å². The largest absolute Gasteiger partial charge is 0.378 e. The SMILES string of the molecule is CN(C(=O)N1CCOCC1)C1CCCN(c2ncnc3cnccc23)C1. The number of fused-ring (bicyclic) bond motifs is 1. The number of hydrogen-bond acceptors (Lipinski definition) is 6. The van der Waals surface area contributed by atoms with Crippen LogP contribution in [0.4, 0.5) is 10.6 Å². The lowest BCUT2D eigenvalue weighted by Crippen LogP contribution is -2.54. The van der Waals surface area contributed by atoms with E-state index in [1.165, 1.54) is 0 Å². The molecule has 0 bridgehead atoms. The maximum absolute atomic E-state index is 12.8.